The lowest BCUT2D eigenvalue weighted by atomic mass is 10.1. The van der Waals surface area contributed by atoms with Crippen molar-refractivity contribution in [2.45, 2.75) is 59.0 Å². The summed E-state index contributed by atoms with van der Waals surface area (Å²) in [6, 6.07) is 0. The highest BCUT2D eigenvalue weighted by molar-refractivity contribution is 7.09. The van der Waals surface area contributed by atoms with E-state index in [1.54, 1.807) is 0 Å². The van der Waals surface area contributed by atoms with E-state index in [0.717, 1.165) is 32.1 Å². The molecule has 0 aromatic heterocycles. The Morgan fingerprint density at radius 1 is 0.875 bits per heavy atom. The molecule has 0 saturated heterocycles. The molecule has 0 aromatic rings. The van der Waals surface area contributed by atoms with Crippen molar-refractivity contribution >= 4 is 9.47 Å². The molecule has 0 amide bonds. The quantitative estimate of drug-likeness (QED) is 0.196. The van der Waals surface area contributed by atoms with Crippen LogP contribution in [0.1, 0.15) is 52.9 Å². The van der Waals surface area contributed by atoms with E-state index in [2.05, 4.69) is 103 Å². The predicted molar refractivity (Wildman–Crippen MR) is 113 cm³/mol. The monoisotopic (exact) mass is 346 g/mol. The van der Waals surface area contributed by atoms with Crippen molar-refractivity contribution in [3.63, 3.8) is 0 Å². The van der Waals surface area contributed by atoms with Crippen LogP contribution in [0.4, 0.5) is 0 Å². The second kappa shape index (κ2) is 18.2. The van der Waals surface area contributed by atoms with Gasteiger partial charge in [0.2, 0.25) is 0 Å². The highest BCUT2D eigenvalue weighted by Crippen LogP contribution is 2.07. The predicted octanol–water partition coefficient (Wildman–Crippen LogP) is 7.13. The maximum Gasteiger partial charge on any atom is 0.0794 e. The molecule has 24 heavy (non-hydrogen) atoms. The normalized spacial score (nSPS) is 16.0. The molecule has 0 aromatic carbocycles. The van der Waals surface area contributed by atoms with Crippen molar-refractivity contribution in [2.75, 3.05) is 0 Å². The lowest BCUT2D eigenvalue weighted by Gasteiger charge is -2.07. The third kappa shape index (κ3) is 15.7. The van der Waals surface area contributed by atoms with Gasteiger partial charge < -0.3 is 4.52 Å². The fourth-order valence-corrected chi connectivity index (χ4v) is 2.26. The van der Waals surface area contributed by atoms with Crippen molar-refractivity contribution in [1.82, 2.24) is 0 Å². The first kappa shape index (κ1) is 22.8. The van der Waals surface area contributed by atoms with Crippen molar-refractivity contribution in [1.29, 1.82) is 0 Å². The summed E-state index contributed by atoms with van der Waals surface area (Å²) >= 11 is 0. The van der Waals surface area contributed by atoms with Gasteiger partial charge in [0.05, 0.1) is 6.10 Å². The molecular weight excluding hydrogens is 311 g/mol. The summed E-state index contributed by atoms with van der Waals surface area (Å²) in [6.07, 6.45) is 31.3. The van der Waals surface area contributed by atoms with Gasteiger partial charge in [-0.3, -0.25) is 0 Å². The topological polar surface area (TPSA) is 9.23 Å². The highest BCUT2D eigenvalue weighted by atomic mass is 31.0. The Kier molecular flexibility index (Phi) is 17.3. The lowest BCUT2D eigenvalue weighted by molar-refractivity contribution is 0.279. The van der Waals surface area contributed by atoms with E-state index in [1.807, 2.05) is 0 Å². The second-order valence-electron chi connectivity index (χ2n) is 5.81. The minimum absolute atomic E-state index is 0.207. The molecule has 0 saturated carbocycles. The van der Waals surface area contributed by atoms with Gasteiger partial charge in [0.25, 0.3) is 0 Å². The van der Waals surface area contributed by atoms with Crippen LogP contribution in [0.5, 0.6) is 0 Å². The van der Waals surface area contributed by atoms with Crippen LogP contribution < -0.4 is 0 Å². The molecule has 0 spiro atoms. The molecule has 0 fully saturated rings. The Bertz CT molecular complexity index is 441. The van der Waals surface area contributed by atoms with E-state index < -0.39 is 0 Å². The first-order valence-corrected chi connectivity index (χ1v) is 9.50. The molecule has 0 radical (unpaired) electrons. The Morgan fingerprint density at radius 3 is 2.04 bits per heavy atom. The van der Waals surface area contributed by atoms with E-state index in [9.17, 15) is 0 Å². The van der Waals surface area contributed by atoms with Crippen molar-refractivity contribution in [2.24, 2.45) is 5.92 Å². The fourth-order valence-electron chi connectivity index (χ4n) is 2.03. The van der Waals surface area contributed by atoms with E-state index in [-0.39, 0.29) is 6.10 Å². The van der Waals surface area contributed by atoms with Crippen molar-refractivity contribution in [3.8, 4) is 0 Å². The van der Waals surface area contributed by atoms with Gasteiger partial charge in [0.15, 0.2) is 0 Å². The average Bonchev–Trinajstić information content (AvgIpc) is 2.59. The van der Waals surface area contributed by atoms with Gasteiger partial charge in [-0.05, 0) is 38.5 Å². The third-order valence-corrected chi connectivity index (χ3v) is 3.81. The first-order chi connectivity index (χ1) is 11.7. The molecule has 1 nitrogen and oxygen atoms in total. The smallest absolute Gasteiger partial charge is 0.0794 e. The zero-order valence-electron chi connectivity index (χ0n) is 15.6. The number of hydrogen-bond acceptors (Lipinski definition) is 1. The summed E-state index contributed by atoms with van der Waals surface area (Å²) in [7, 11) is 2.34. The number of allylic oxidation sites excluding steroid dienone is 11. The third-order valence-electron chi connectivity index (χ3n) is 3.46. The molecule has 0 aliphatic rings. The minimum atomic E-state index is 0.207. The van der Waals surface area contributed by atoms with Crippen LogP contribution in [0.3, 0.4) is 0 Å². The summed E-state index contributed by atoms with van der Waals surface area (Å²) in [6.45, 7) is 6.47. The molecular formula is C22H35OP. The number of hydrogen-bond donors (Lipinski definition) is 0. The summed E-state index contributed by atoms with van der Waals surface area (Å²) in [4.78, 5) is 0. The van der Waals surface area contributed by atoms with Crippen LogP contribution >= 0.6 is 9.47 Å². The molecule has 3 unspecified atom stereocenters. The number of rotatable bonds is 13. The van der Waals surface area contributed by atoms with Gasteiger partial charge in [-0.2, -0.15) is 0 Å². The van der Waals surface area contributed by atoms with Gasteiger partial charge in [-0.25, -0.2) is 0 Å². The van der Waals surface area contributed by atoms with E-state index >= 15 is 0 Å². The molecule has 3 atom stereocenters. The van der Waals surface area contributed by atoms with Gasteiger partial charge >= 0.3 is 0 Å². The van der Waals surface area contributed by atoms with E-state index in [4.69, 9.17) is 4.52 Å². The zero-order chi connectivity index (χ0) is 17.9. The van der Waals surface area contributed by atoms with Gasteiger partial charge in [-0.15, -0.1) is 0 Å². The molecule has 2 heteroatoms. The summed E-state index contributed by atoms with van der Waals surface area (Å²) in [5.74, 6) is 0.605. The highest BCUT2D eigenvalue weighted by Gasteiger charge is 1.98. The summed E-state index contributed by atoms with van der Waals surface area (Å²) in [5, 5.41) is 0. The zero-order valence-corrected chi connectivity index (χ0v) is 16.8. The second-order valence-corrected chi connectivity index (χ2v) is 6.09. The van der Waals surface area contributed by atoms with E-state index in [1.165, 1.54) is 0 Å². The van der Waals surface area contributed by atoms with Gasteiger partial charge in [0.1, 0.15) is 0 Å². The van der Waals surface area contributed by atoms with Gasteiger partial charge in [-0.1, -0.05) is 93.2 Å². The van der Waals surface area contributed by atoms with Crippen LogP contribution in [0.25, 0.3) is 0 Å². The minimum Gasteiger partial charge on any atom is -0.358 e. The molecule has 134 valence electrons. The largest absolute Gasteiger partial charge is 0.358 e. The first-order valence-electron chi connectivity index (χ1n) is 9.02. The Morgan fingerprint density at radius 2 is 1.50 bits per heavy atom. The van der Waals surface area contributed by atoms with Crippen molar-refractivity contribution < 1.29 is 4.52 Å². The molecule has 0 heterocycles. The Balaban J connectivity index is 3.82. The Labute approximate surface area is 152 Å². The molecule has 0 N–H and O–H groups in total. The average molecular weight is 346 g/mol. The maximum absolute atomic E-state index is 5.28. The van der Waals surface area contributed by atoms with Crippen LogP contribution in [0.15, 0.2) is 72.9 Å². The van der Waals surface area contributed by atoms with Crippen LogP contribution in [-0.4, -0.2) is 6.10 Å². The molecule has 0 rings (SSSR count). The van der Waals surface area contributed by atoms with Crippen LogP contribution in [-0.2, 0) is 4.52 Å². The summed E-state index contributed by atoms with van der Waals surface area (Å²) in [5.41, 5.74) is 0. The lowest BCUT2D eigenvalue weighted by Crippen LogP contribution is -2.01. The maximum atomic E-state index is 5.28. The summed E-state index contributed by atoms with van der Waals surface area (Å²) < 4.78 is 5.28. The van der Waals surface area contributed by atoms with E-state index in [0.29, 0.717) is 5.92 Å². The SMILES string of the molecule is C/C=C\CC(C)/C=C/C=C\C/C=C\C/C=C\C=C\C(CCC)OP. The molecule has 0 aliphatic carbocycles. The van der Waals surface area contributed by atoms with Crippen LogP contribution in [0, 0.1) is 5.92 Å². The Hall–Kier alpha value is -1.17. The molecule has 0 aliphatic heterocycles. The molecule has 0 bridgehead atoms. The standard InChI is InChI=1S/C22H35OP/c1-4-6-18-21(3)19-15-13-11-9-7-8-10-12-14-16-20-22(23-24)17-5-2/h4,6-8,11-16,19-22H,5,9-10,17-18,24H2,1-3H3/b6-4-,8-7-,13-11-,14-12-,19-15+,20-16+. The van der Waals surface area contributed by atoms with Crippen LogP contribution in [0.2, 0.25) is 0 Å². The fraction of sp³-hybridized carbons (Fsp3) is 0.455. The van der Waals surface area contributed by atoms with Gasteiger partial charge in [0, 0.05) is 9.47 Å². The van der Waals surface area contributed by atoms with Crippen molar-refractivity contribution in [3.05, 3.63) is 72.9 Å².